The van der Waals surface area contributed by atoms with E-state index in [1.807, 2.05) is 24.3 Å². The summed E-state index contributed by atoms with van der Waals surface area (Å²) in [5, 5.41) is 11.5. The van der Waals surface area contributed by atoms with Gasteiger partial charge < -0.3 is 10.4 Å². The van der Waals surface area contributed by atoms with Crippen molar-refractivity contribution in [3.8, 4) is 0 Å². The van der Waals surface area contributed by atoms with Gasteiger partial charge in [-0.05, 0) is 6.92 Å². The molecule has 1 aliphatic rings. The highest BCUT2D eigenvalue weighted by atomic mass is 16.4. The number of carboxylic acids is 1. The van der Waals surface area contributed by atoms with Crippen molar-refractivity contribution in [1.82, 2.24) is 5.32 Å². The zero-order valence-corrected chi connectivity index (χ0v) is 7.03. The van der Waals surface area contributed by atoms with Crippen molar-refractivity contribution in [3.63, 3.8) is 0 Å². The van der Waals surface area contributed by atoms with Crippen molar-refractivity contribution in [3.05, 3.63) is 24.3 Å². The molecular weight excluding hydrogens is 154 g/mol. The number of hydrogen-bond acceptors (Lipinski definition) is 2. The van der Waals surface area contributed by atoms with Gasteiger partial charge in [0.1, 0.15) is 6.04 Å². The quantitative estimate of drug-likeness (QED) is 0.651. The van der Waals surface area contributed by atoms with Crippen molar-refractivity contribution in [2.45, 2.75) is 13.0 Å². The van der Waals surface area contributed by atoms with E-state index in [2.05, 4.69) is 5.32 Å². The van der Waals surface area contributed by atoms with Crippen molar-refractivity contribution in [2.75, 3.05) is 6.54 Å². The maximum atomic E-state index is 10.4. The van der Waals surface area contributed by atoms with Gasteiger partial charge in [-0.15, -0.1) is 0 Å². The van der Waals surface area contributed by atoms with Crippen LogP contribution >= 0.6 is 0 Å². The van der Waals surface area contributed by atoms with Gasteiger partial charge in [0.2, 0.25) is 0 Å². The fraction of sp³-hybridized carbons (Fsp3) is 0.444. The van der Waals surface area contributed by atoms with Gasteiger partial charge in [0, 0.05) is 12.5 Å². The summed E-state index contributed by atoms with van der Waals surface area (Å²) in [6, 6.07) is -0.465. The Kier molecular flexibility index (Phi) is 3.05. The third-order valence-electron chi connectivity index (χ3n) is 1.86. The fourth-order valence-corrected chi connectivity index (χ4v) is 1.01. The molecule has 0 aromatic heterocycles. The Hall–Kier alpha value is -1.09. The standard InChI is InChI=1S/C9H13NO2/c1-7(9(11)12)10-6-8-4-2-3-5-8/h2-5,7-8,10H,6H2,1H3,(H,11,12)/t7-/m0/s1. The third kappa shape index (κ3) is 2.51. The Bertz CT molecular complexity index is 209. The minimum Gasteiger partial charge on any atom is -0.480 e. The first-order chi connectivity index (χ1) is 5.70. The smallest absolute Gasteiger partial charge is 0.320 e. The number of carboxylic acid groups (broad SMARTS) is 1. The molecule has 0 saturated carbocycles. The molecule has 1 aliphatic carbocycles. The minimum atomic E-state index is -0.805. The van der Waals surface area contributed by atoms with Gasteiger partial charge in [0.15, 0.2) is 0 Å². The van der Waals surface area contributed by atoms with Crippen LogP contribution in [0, 0.1) is 5.92 Å². The topological polar surface area (TPSA) is 49.3 Å². The highest BCUT2D eigenvalue weighted by Gasteiger charge is 2.11. The van der Waals surface area contributed by atoms with Gasteiger partial charge in [0.05, 0.1) is 0 Å². The number of hydrogen-bond donors (Lipinski definition) is 2. The Morgan fingerprint density at radius 1 is 1.58 bits per heavy atom. The van der Waals surface area contributed by atoms with Crippen LogP contribution in [0.4, 0.5) is 0 Å². The molecule has 12 heavy (non-hydrogen) atoms. The summed E-state index contributed by atoms with van der Waals surface area (Å²) < 4.78 is 0. The number of aliphatic carboxylic acids is 1. The van der Waals surface area contributed by atoms with Gasteiger partial charge >= 0.3 is 5.97 Å². The molecule has 0 saturated heterocycles. The van der Waals surface area contributed by atoms with Gasteiger partial charge in [-0.25, -0.2) is 0 Å². The fourth-order valence-electron chi connectivity index (χ4n) is 1.01. The molecule has 0 spiro atoms. The Morgan fingerprint density at radius 2 is 2.17 bits per heavy atom. The molecule has 0 radical (unpaired) electrons. The van der Waals surface area contributed by atoms with Crippen LogP contribution < -0.4 is 5.32 Å². The highest BCUT2D eigenvalue weighted by Crippen LogP contribution is 2.06. The molecule has 3 heteroatoms. The van der Waals surface area contributed by atoms with E-state index in [1.165, 1.54) is 0 Å². The molecule has 1 rings (SSSR count). The van der Waals surface area contributed by atoms with E-state index in [9.17, 15) is 4.79 Å². The summed E-state index contributed by atoms with van der Waals surface area (Å²) in [5.74, 6) is -0.451. The summed E-state index contributed by atoms with van der Waals surface area (Å²) in [6.07, 6.45) is 8.03. The summed E-state index contributed by atoms with van der Waals surface area (Å²) >= 11 is 0. The molecule has 3 nitrogen and oxygen atoms in total. The molecule has 0 heterocycles. The lowest BCUT2D eigenvalue weighted by Gasteiger charge is -2.10. The number of allylic oxidation sites excluding steroid dienone is 2. The summed E-state index contributed by atoms with van der Waals surface area (Å²) in [5.41, 5.74) is 0. The molecule has 0 aliphatic heterocycles. The molecule has 0 bridgehead atoms. The molecule has 0 amide bonds. The Labute approximate surface area is 71.8 Å². The van der Waals surface area contributed by atoms with Crippen molar-refractivity contribution < 1.29 is 9.90 Å². The monoisotopic (exact) mass is 167 g/mol. The molecule has 2 N–H and O–H groups in total. The SMILES string of the molecule is C[C@H](NCC1C=CC=C1)C(=O)O. The molecular formula is C9H13NO2. The van der Waals surface area contributed by atoms with E-state index >= 15 is 0 Å². The van der Waals surface area contributed by atoms with E-state index in [0.717, 1.165) is 0 Å². The van der Waals surface area contributed by atoms with Crippen molar-refractivity contribution in [1.29, 1.82) is 0 Å². The summed E-state index contributed by atoms with van der Waals surface area (Å²) in [4.78, 5) is 10.4. The number of nitrogens with one attached hydrogen (secondary N) is 1. The average Bonchev–Trinajstić information content (AvgIpc) is 2.51. The molecule has 0 aromatic carbocycles. The van der Waals surface area contributed by atoms with Crippen LogP contribution in [0.2, 0.25) is 0 Å². The van der Waals surface area contributed by atoms with E-state index in [4.69, 9.17) is 5.11 Å². The lowest BCUT2D eigenvalue weighted by molar-refractivity contribution is -0.139. The zero-order chi connectivity index (χ0) is 8.97. The van der Waals surface area contributed by atoms with E-state index in [0.29, 0.717) is 12.5 Å². The van der Waals surface area contributed by atoms with Crippen LogP contribution in [-0.2, 0) is 4.79 Å². The third-order valence-corrected chi connectivity index (χ3v) is 1.86. The van der Waals surface area contributed by atoms with Gasteiger partial charge in [0.25, 0.3) is 0 Å². The summed E-state index contributed by atoms with van der Waals surface area (Å²) in [7, 11) is 0. The second kappa shape index (κ2) is 4.07. The van der Waals surface area contributed by atoms with Crippen LogP contribution in [0.1, 0.15) is 6.92 Å². The molecule has 0 aromatic rings. The zero-order valence-electron chi connectivity index (χ0n) is 7.03. The minimum absolute atomic E-state index is 0.354. The van der Waals surface area contributed by atoms with E-state index in [-0.39, 0.29) is 0 Å². The molecule has 0 fully saturated rings. The predicted octanol–water partition coefficient (Wildman–Crippen LogP) is 0.791. The number of carbonyl (C=O) groups is 1. The normalized spacial score (nSPS) is 18.4. The molecule has 1 atom stereocenters. The van der Waals surface area contributed by atoms with E-state index in [1.54, 1.807) is 6.92 Å². The van der Waals surface area contributed by atoms with Crippen molar-refractivity contribution in [2.24, 2.45) is 5.92 Å². The lowest BCUT2D eigenvalue weighted by atomic mass is 10.1. The van der Waals surface area contributed by atoms with Crippen LogP contribution in [0.3, 0.4) is 0 Å². The largest absolute Gasteiger partial charge is 0.480 e. The maximum absolute atomic E-state index is 10.4. The van der Waals surface area contributed by atoms with Crippen LogP contribution in [0.15, 0.2) is 24.3 Å². The Morgan fingerprint density at radius 3 is 2.67 bits per heavy atom. The van der Waals surface area contributed by atoms with Gasteiger partial charge in [-0.1, -0.05) is 24.3 Å². The van der Waals surface area contributed by atoms with Crippen molar-refractivity contribution >= 4 is 5.97 Å². The Balaban J connectivity index is 2.21. The first-order valence-electron chi connectivity index (χ1n) is 4.01. The van der Waals surface area contributed by atoms with Crippen LogP contribution in [-0.4, -0.2) is 23.7 Å². The van der Waals surface area contributed by atoms with Gasteiger partial charge in [-0.2, -0.15) is 0 Å². The summed E-state index contributed by atoms with van der Waals surface area (Å²) in [6.45, 7) is 2.34. The lowest BCUT2D eigenvalue weighted by Crippen LogP contribution is -2.36. The second-order valence-electron chi connectivity index (χ2n) is 2.90. The molecule has 0 unspecified atom stereocenters. The highest BCUT2D eigenvalue weighted by molar-refractivity contribution is 5.72. The predicted molar refractivity (Wildman–Crippen MR) is 46.9 cm³/mol. The van der Waals surface area contributed by atoms with Crippen LogP contribution in [0.25, 0.3) is 0 Å². The average molecular weight is 167 g/mol. The first kappa shape index (κ1) is 9.00. The first-order valence-corrected chi connectivity index (χ1v) is 4.01. The van der Waals surface area contributed by atoms with E-state index < -0.39 is 12.0 Å². The van der Waals surface area contributed by atoms with Crippen LogP contribution in [0.5, 0.6) is 0 Å². The van der Waals surface area contributed by atoms with Gasteiger partial charge in [-0.3, -0.25) is 4.79 Å². The molecule has 66 valence electrons. The maximum Gasteiger partial charge on any atom is 0.320 e. The second-order valence-corrected chi connectivity index (χ2v) is 2.90. The number of rotatable bonds is 4.